The van der Waals surface area contributed by atoms with Crippen molar-refractivity contribution in [3.05, 3.63) is 48.0 Å². The summed E-state index contributed by atoms with van der Waals surface area (Å²) in [6.45, 7) is 0.783. The maximum absolute atomic E-state index is 5.84. The van der Waals surface area contributed by atoms with Crippen LogP contribution in [0.1, 0.15) is 18.4 Å². The van der Waals surface area contributed by atoms with Crippen molar-refractivity contribution in [3.8, 4) is 0 Å². The molecule has 1 nitrogen and oxygen atoms in total. The summed E-state index contributed by atoms with van der Waals surface area (Å²) in [6, 6.07) is 15.2. The van der Waals surface area contributed by atoms with Gasteiger partial charge in [-0.15, -0.1) is 0 Å². The zero-order valence-electron chi connectivity index (χ0n) is 8.74. The van der Waals surface area contributed by atoms with E-state index in [0.717, 1.165) is 6.54 Å². The second kappa shape index (κ2) is 3.07. The van der Waals surface area contributed by atoms with Crippen LogP contribution in [-0.4, -0.2) is 6.54 Å². The molecular weight excluding hydrogens is 182 g/mol. The smallest absolute Gasteiger partial charge is 0.00764 e. The highest BCUT2D eigenvalue weighted by molar-refractivity contribution is 5.83. The summed E-state index contributed by atoms with van der Waals surface area (Å²) in [5.41, 5.74) is 7.57. The molecule has 15 heavy (non-hydrogen) atoms. The molecule has 2 aromatic carbocycles. The molecule has 1 heteroatoms. The molecule has 0 atom stereocenters. The van der Waals surface area contributed by atoms with E-state index in [0.29, 0.717) is 5.41 Å². The minimum atomic E-state index is 0.310. The second-order valence-corrected chi connectivity index (χ2v) is 4.55. The van der Waals surface area contributed by atoms with Crippen LogP contribution >= 0.6 is 0 Å². The van der Waals surface area contributed by atoms with Crippen molar-refractivity contribution in [1.82, 2.24) is 0 Å². The van der Waals surface area contributed by atoms with Crippen LogP contribution in [0, 0.1) is 0 Å². The standard InChI is InChI=1S/C14H15N/c15-10-14(7-8-14)13-6-5-11-3-1-2-4-12(11)9-13/h1-6,9H,7-8,10,15H2. The quantitative estimate of drug-likeness (QED) is 0.787. The average Bonchev–Trinajstić information content (AvgIpc) is 3.09. The van der Waals surface area contributed by atoms with Crippen molar-refractivity contribution in [3.63, 3.8) is 0 Å². The second-order valence-electron chi connectivity index (χ2n) is 4.55. The largest absolute Gasteiger partial charge is 0.330 e. The Morgan fingerprint density at radius 1 is 1.00 bits per heavy atom. The molecule has 1 aliphatic carbocycles. The van der Waals surface area contributed by atoms with Crippen molar-refractivity contribution >= 4 is 10.8 Å². The third-order valence-electron chi connectivity index (χ3n) is 3.61. The summed E-state index contributed by atoms with van der Waals surface area (Å²) in [5.74, 6) is 0. The summed E-state index contributed by atoms with van der Waals surface area (Å²) >= 11 is 0. The number of nitrogens with two attached hydrogens (primary N) is 1. The molecule has 0 spiro atoms. The van der Waals surface area contributed by atoms with E-state index in [-0.39, 0.29) is 0 Å². The Bertz CT molecular complexity index is 497. The Morgan fingerprint density at radius 3 is 2.40 bits per heavy atom. The van der Waals surface area contributed by atoms with Crippen LogP contribution in [-0.2, 0) is 5.41 Å². The maximum atomic E-state index is 5.84. The predicted octanol–water partition coefficient (Wildman–Crippen LogP) is 2.83. The van der Waals surface area contributed by atoms with Gasteiger partial charge in [-0.25, -0.2) is 0 Å². The van der Waals surface area contributed by atoms with Gasteiger partial charge in [0.05, 0.1) is 0 Å². The Morgan fingerprint density at radius 2 is 1.73 bits per heavy atom. The van der Waals surface area contributed by atoms with E-state index in [1.807, 2.05) is 0 Å². The van der Waals surface area contributed by atoms with Gasteiger partial charge in [-0.1, -0.05) is 42.5 Å². The lowest BCUT2D eigenvalue weighted by atomic mass is 9.94. The van der Waals surface area contributed by atoms with E-state index < -0.39 is 0 Å². The third-order valence-corrected chi connectivity index (χ3v) is 3.61. The topological polar surface area (TPSA) is 26.0 Å². The molecule has 2 aromatic rings. The summed E-state index contributed by atoms with van der Waals surface area (Å²) in [4.78, 5) is 0. The summed E-state index contributed by atoms with van der Waals surface area (Å²) in [6.07, 6.45) is 2.50. The first-order chi connectivity index (χ1) is 7.34. The molecular formula is C14H15N. The van der Waals surface area contributed by atoms with Gasteiger partial charge in [0.1, 0.15) is 0 Å². The predicted molar refractivity (Wildman–Crippen MR) is 63.9 cm³/mol. The van der Waals surface area contributed by atoms with E-state index in [1.165, 1.54) is 29.2 Å². The van der Waals surface area contributed by atoms with Crippen LogP contribution < -0.4 is 5.73 Å². The van der Waals surface area contributed by atoms with Gasteiger partial charge in [0, 0.05) is 12.0 Å². The van der Waals surface area contributed by atoms with Crippen molar-refractivity contribution in [2.45, 2.75) is 18.3 Å². The molecule has 1 saturated carbocycles. The lowest BCUT2D eigenvalue weighted by Crippen LogP contribution is -2.19. The van der Waals surface area contributed by atoms with Gasteiger partial charge in [0.25, 0.3) is 0 Å². The number of rotatable bonds is 2. The van der Waals surface area contributed by atoms with E-state index in [2.05, 4.69) is 42.5 Å². The van der Waals surface area contributed by atoms with Gasteiger partial charge >= 0.3 is 0 Å². The molecule has 1 aliphatic rings. The zero-order chi connectivity index (χ0) is 10.3. The van der Waals surface area contributed by atoms with Crippen LogP contribution in [0.15, 0.2) is 42.5 Å². The molecule has 0 radical (unpaired) electrons. The maximum Gasteiger partial charge on any atom is 0.00764 e. The van der Waals surface area contributed by atoms with Crippen LogP contribution in [0.4, 0.5) is 0 Å². The fourth-order valence-corrected chi connectivity index (χ4v) is 2.28. The molecule has 0 heterocycles. The van der Waals surface area contributed by atoms with E-state index in [1.54, 1.807) is 0 Å². The summed E-state index contributed by atoms with van der Waals surface area (Å²) in [7, 11) is 0. The van der Waals surface area contributed by atoms with Gasteiger partial charge in [-0.2, -0.15) is 0 Å². The van der Waals surface area contributed by atoms with E-state index in [9.17, 15) is 0 Å². The fraction of sp³-hybridized carbons (Fsp3) is 0.286. The lowest BCUT2D eigenvalue weighted by molar-refractivity contribution is 0.706. The van der Waals surface area contributed by atoms with Gasteiger partial charge < -0.3 is 5.73 Å². The van der Waals surface area contributed by atoms with Gasteiger partial charge in [0.2, 0.25) is 0 Å². The molecule has 2 N–H and O–H groups in total. The number of hydrogen-bond acceptors (Lipinski definition) is 1. The van der Waals surface area contributed by atoms with Crippen LogP contribution in [0.2, 0.25) is 0 Å². The SMILES string of the molecule is NCC1(c2ccc3ccccc3c2)CC1. The first-order valence-corrected chi connectivity index (χ1v) is 5.53. The van der Waals surface area contributed by atoms with Crippen molar-refractivity contribution in [1.29, 1.82) is 0 Å². The normalized spacial score (nSPS) is 17.9. The Hall–Kier alpha value is -1.34. The van der Waals surface area contributed by atoms with E-state index in [4.69, 9.17) is 5.73 Å². The Kier molecular flexibility index (Phi) is 1.83. The highest BCUT2D eigenvalue weighted by Crippen LogP contribution is 2.47. The van der Waals surface area contributed by atoms with Crippen molar-refractivity contribution in [2.75, 3.05) is 6.54 Å². The van der Waals surface area contributed by atoms with Crippen molar-refractivity contribution < 1.29 is 0 Å². The van der Waals surface area contributed by atoms with E-state index >= 15 is 0 Å². The molecule has 0 aliphatic heterocycles. The monoisotopic (exact) mass is 197 g/mol. The molecule has 0 saturated heterocycles. The third kappa shape index (κ3) is 1.35. The minimum absolute atomic E-state index is 0.310. The minimum Gasteiger partial charge on any atom is -0.330 e. The number of benzene rings is 2. The molecule has 3 rings (SSSR count). The molecule has 76 valence electrons. The molecule has 1 fully saturated rings. The highest BCUT2D eigenvalue weighted by Gasteiger charge is 2.42. The Balaban J connectivity index is 2.14. The van der Waals surface area contributed by atoms with Gasteiger partial charge in [0.15, 0.2) is 0 Å². The summed E-state index contributed by atoms with van der Waals surface area (Å²) < 4.78 is 0. The molecule has 0 amide bonds. The van der Waals surface area contributed by atoms with Crippen LogP contribution in [0.3, 0.4) is 0 Å². The van der Waals surface area contributed by atoms with Crippen LogP contribution in [0.5, 0.6) is 0 Å². The van der Waals surface area contributed by atoms with Gasteiger partial charge in [-0.05, 0) is 29.2 Å². The average molecular weight is 197 g/mol. The van der Waals surface area contributed by atoms with Crippen molar-refractivity contribution in [2.24, 2.45) is 5.73 Å². The van der Waals surface area contributed by atoms with Crippen LogP contribution in [0.25, 0.3) is 10.8 Å². The first-order valence-electron chi connectivity index (χ1n) is 5.53. The zero-order valence-corrected chi connectivity index (χ0v) is 8.74. The molecule has 0 bridgehead atoms. The molecule has 0 aromatic heterocycles. The number of fused-ring (bicyclic) bond motifs is 1. The first kappa shape index (κ1) is 8.93. The Labute approximate surface area is 89.9 Å². The fourth-order valence-electron chi connectivity index (χ4n) is 2.28. The number of hydrogen-bond donors (Lipinski definition) is 1. The van der Waals surface area contributed by atoms with Gasteiger partial charge in [-0.3, -0.25) is 0 Å². The summed E-state index contributed by atoms with van der Waals surface area (Å²) in [5, 5.41) is 2.64. The lowest BCUT2D eigenvalue weighted by Gasteiger charge is -2.13. The highest BCUT2D eigenvalue weighted by atomic mass is 14.7. The molecule has 0 unspecified atom stereocenters.